The van der Waals surface area contributed by atoms with E-state index < -0.39 is 0 Å². The molecular weight excluding hydrogens is 321 g/mol. The predicted molar refractivity (Wildman–Crippen MR) is 80.9 cm³/mol. The fourth-order valence-corrected chi connectivity index (χ4v) is 2.37. The fourth-order valence-electron chi connectivity index (χ4n) is 2.04. The lowest BCUT2D eigenvalue weighted by molar-refractivity contribution is 0.510. The highest BCUT2D eigenvalue weighted by atomic mass is 79.9. The van der Waals surface area contributed by atoms with Gasteiger partial charge in [-0.15, -0.1) is 0 Å². The first-order valence-electron chi connectivity index (χ1n) is 6.64. The molecule has 0 saturated heterocycles. The molecular formula is C15H17BrFN3. The molecule has 0 amide bonds. The van der Waals surface area contributed by atoms with Gasteiger partial charge in [-0.2, -0.15) is 10.2 Å². The molecule has 3 nitrogen and oxygen atoms in total. The van der Waals surface area contributed by atoms with Crippen LogP contribution in [-0.2, 0) is 6.42 Å². The molecule has 20 heavy (non-hydrogen) atoms. The summed E-state index contributed by atoms with van der Waals surface area (Å²) in [6.45, 7) is 2.99. The summed E-state index contributed by atoms with van der Waals surface area (Å²) in [5.41, 5.74) is 1.72. The second kappa shape index (κ2) is 7.45. The van der Waals surface area contributed by atoms with Crippen LogP contribution in [0, 0.1) is 5.82 Å². The summed E-state index contributed by atoms with van der Waals surface area (Å²) in [7, 11) is 0. The van der Waals surface area contributed by atoms with Gasteiger partial charge in [0.25, 0.3) is 0 Å². The maximum atomic E-state index is 14.0. The summed E-state index contributed by atoms with van der Waals surface area (Å²) in [5.74, 6) is -0.190. The number of hydrogen-bond donors (Lipinski definition) is 1. The molecule has 1 aromatic heterocycles. The fraction of sp³-hybridized carbons (Fsp3) is 0.333. The number of rotatable bonds is 6. The predicted octanol–water partition coefficient (Wildman–Crippen LogP) is 3.66. The van der Waals surface area contributed by atoms with Crippen molar-refractivity contribution in [3.63, 3.8) is 0 Å². The molecule has 0 bridgehead atoms. The zero-order valence-corrected chi connectivity index (χ0v) is 12.9. The first-order chi connectivity index (χ1) is 9.70. The maximum absolute atomic E-state index is 14.0. The average Bonchev–Trinajstić information content (AvgIpc) is 2.46. The zero-order valence-electron chi connectivity index (χ0n) is 11.3. The normalized spacial score (nSPS) is 12.3. The summed E-state index contributed by atoms with van der Waals surface area (Å²) >= 11 is 3.28. The minimum absolute atomic E-state index is 0.0427. The molecule has 0 fully saturated rings. The molecule has 5 heteroatoms. The minimum Gasteiger partial charge on any atom is -0.310 e. The standard InChI is InChI=1S/C15H17BrFN3/c1-2-6-18-15(12-5-7-19-20-10-12)8-11-3-4-13(16)9-14(11)17/h3-5,7,9-10,15,18H,2,6,8H2,1H3. The Bertz CT molecular complexity index is 548. The number of nitrogens with zero attached hydrogens (tertiary/aromatic N) is 2. The van der Waals surface area contributed by atoms with E-state index in [0.717, 1.165) is 23.0 Å². The Balaban J connectivity index is 2.19. The van der Waals surface area contributed by atoms with Gasteiger partial charge in [0.1, 0.15) is 5.82 Å². The van der Waals surface area contributed by atoms with Crippen LogP contribution in [0.3, 0.4) is 0 Å². The van der Waals surface area contributed by atoms with Gasteiger partial charge in [-0.1, -0.05) is 28.9 Å². The van der Waals surface area contributed by atoms with Gasteiger partial charge >= 0.3 is 0 Å². The van der Waals surface area contributed by atoms with Crippen molar-refractivity contribution in [1.29, 1.82) is 0 Å². The molecule has 1 aromatic carbocycles. The average molecular weight is 338 g/mol. The summed E-state index contributed by atoms with van der Waals surface area (Å²) in [6, 6.07) is 7.13. The SMILES string of the molecule is CCCNC(Cc1ccc(Br)cc1F)c1ccnnc1. The van der Waals surface area contributed by atoms with Crippen molar-refractivity contribution in [3.05, 3.63) is 58.1 Å². The van der Waals surface area contributed by atoms with Gasteiger partial charge in [0, 0.05) is 16.7 Å². The minimum atomic E-state index is -0.190. The Morgan fingerprint density at radius 2 is 2.15 bits per heavy atom. The summed E-state index contributed by atoms with van der Waals surface area (Å²) in [6.07, 6.45) is 5.00. The van der Waals surface area contributed by atoms with Crippen LogP contribution in [0.25, 0.3) is 0 Å². The molecule has 0 aliphatic carbocycles. The molecule has 0 aliphatic rings. The maximum Gasteiger partial charge on any atom is 0.127 e. The van der Waals surface area contributed by atoms with E-state index in [9.17, 15) is 4.39 Å². The molecule has 2 rings (SSSR count). The highest BCUT2D eigenvalue weighted by Gasteiger charge is 2.14. The van der Waals surface area contributed by atoms with E-state index in [1.807, 2.05) is 18.2 Å². The van der Waals surface area contributed by atoms with Crippen LogP contribution >= 0.6 is 15.9 Å². The van der Waals surface area contributed by atoms with E-state index in [0.29, 0.717) is 12.0 Å². The second-order valence-corrected chi connectivity index (χ2v) is 5.54. The molecule has 1 atom stereocenters. The summed E-state index contributed by atoms with van der Waals surface area (Å²) in [5, 5.41) is 11.1. The van der Waals surface area contributed by atoms with Crippen LogP contribution in [0.5, 0.6) is 0 Å². The zero-order chi connectivity index (χ0) is 14.4. The van der Waals surface area contributed by atoms with Crippen molar-refractivity contribution in [1.82, 2.24) is 15.5 Å². The molecule has 0 saturated carbocycles. The molecule has 106 valence electrons. The quantitative estimate of drug-likeness (QED) is 0.873. The van der Waals surface area contributed by atoms with Gasteiger partial charge in [-0.05, 0) is 48.7 Å². The lowest BCUT2D eigenvalue weighted by Gasteiger charge is -2.19. The monoisotopic (exact) mass is 337 g/mol. The third kappa shape index (κ3) is 4.08. The Morgan fingerprint density at radius 3 is 2.80 bits per heavy atom. The van der Waals surface area contributed by atoms with E-state index in [1.54, 1.807) is 12.4 Å². The Hall–Kier alpha value is -1.33. The third-order valence-electron chi connectivity index (χ3n) is 3.09. The number of hydrogen-bond acceptors (Lipinski definition) is 3. The van der Waals surface area contributed by atoms with Gasteiger partial charge < -0.3 is 5.32 Å². The molecule has 0 aliphatic heterocycles. The van der Waals surface area contributed by atoms with Crippen molar-refractivity contribution in [2.75, 3.05) is 6.54 Å². The molecule has 1 unspecified atom stereocenters. The van der Waals surface area contributed by atoms with Gasteiger partial charge in [0.05, 0.1) is 6.20 Å². The van der Waals surface area contributed by atoms with E-state index >= 15 is 0 Å². The van der Waals surface area contributed by atoms with Crippen molar-refractivity contribution in [2.24, 2.45) is 0 Å². The van der Waals surface area contributed by atoms with Gasteiger partial charge in [0.2, 0.25) is 0 Å². The largest absolute Gasteiger partial charge is 0.310 e. The van der Waals surface area contributed by atoms with Crippen LogP contribution in [0.2, 0.25) is 0 Å². The first-order valence-corrected chi connectivity index (χ1v) is 7.44. The lowest BCUT2D eigenvalue weighted by atomic mass is 10.00. The highest BCUT2D eigenvalue weighted by Crippen LogP contribution is 2.22. The van der Waals surface area contributed by atoms with Gasteiger partial charge in [0.15, 0.2) is 0 Å². The second-order valence-electron chi connectivity index (χ2n) is 4.62. The first kappa shape index (κ1) is 15.1. The van der Waals surface area contributed by atoms with E-state index in [4.69, 9.17) is 0 Å². The van der Waals surface area contributed by atoms with E-state index in [-0.39, 0.29) is 11.9 Å². The Kier molecular flexibility index (Phi) is 5.61. The number of benzene rings is 1. The van der Waals surface area contributed by atoms with Crippen molar-refractivity contribution in [2.45, 2.75) is 25.8 Å². The van der Waals surface area contributed by atoms with Crippen LogP contribution in [0.4, 0.5) is 4.39 Å². The van der Waals surface area contributed by atoms with Gasteiger partial charge in [-0.25, -0.2) is 4.39 Å². The molecule has 0 spiro atoms. The molecule has 1 heterocycles. The molecule has 1 N–H and O–H groups in total. The number of nitrogens with one attached hydrogen (secondary N) is 1. The van der Waals surface area contributed by atoms with Crippen molar-refractivity contribution < 1.29 is 4.39 Å². The van der Waals surface area contributed by atoms with Crippen LogP contribution < -0.4 is 5.32 Å². The van der Waals surface area contributed by atoms with E-state index in [1.165, 1.54) is 6.07 Å². The molecule has 2 aromatic rings. The third-order valence-corrected chi connectivity index (χ3v) is 3.58. The summed E-state index contributed by atoms with van der Waals surface area (Å²) in [4.78, 5) is 0. The van der Waals surface area contributed by atoms with Crippen LogP contribution in [-0.4, -0.2) is 16.7 Å². The Labute approximate surface area is 126 Å². The lowest BCUT2D eigenvalue weighted by Crippen LogP contribution is -2.24. The topological polar surface area (TPSA) is 37.8 Å². The van der Waals surface area contributed by atoms with Gasteiger partial charge in [-0.3, -0.25) is 0 Å². The highest BCUT2D eigenvalue weighted by molar-refractivity contribution is 9.10. The number of halogens is 2. The summed E-state index contributed by atoms with van der Waals surface area (Å²) < 4.78 is 14.7. The number of aromatic nitrogens is 2. The Morgan fingerprint density at radius 1 is 1.30 bits per heavy atom. The van der Waals surface area contributed by atoms with Crippen molar-refractivity contribution >= 4 is 15.9 Å². The van der Waals surface area contributed by atoms with Crippen molar-refractivity contribution in [3.8, 4) is 0 Å². The smallest absolute Gasteiger partial charge is 0.127 e. The van der Waals surface area contributed by atoms with E-state index in [2.05, 4.69) is 38.4 Å². The molecule has 0 radical (unpaired) electrons. The van der Waals surface area contributed by atoms with Crippen LogP contribution in [0.1, 0.15) is 30.5 Å². The van der Waals surface area contributed by atoms with Crippen LogP contribution in [0.15, 0.2) is 41.1 Å².